The molecule has 0 aliphatic rings. The normalized spacial score (nSPS) is 13.2. The van der Waals surface area contributed by atoms with E-state index in [9.17, 15) is 0 Å². The van der Waals surface area contributed by atoms with Gasteiger partial charge in [0.25, 0.3) is 0 Å². The molecule has 0 N–H and O–H groups in total. The quantitative estimate of drug-likeness (QED) is 0.503. The van der Waals surface area contributed by atoms with Crippen molar-refractivity contribution in [2.45, 2.75) is 90.5 Å². The van der Waals surface area contributed by atoms with Gasteiger partial charge in [-0.1, -0.05) is 90.2 Å². The molecule has 0 bridgehead atoms. The van der Waals surface area contributed by atoms with Crippen molar-refractivity contribution in [2.24, 2.45) is 0 Å². The molecule has 0 saturated heterocycles. The van der Waals surface area contributed by atoms with Crippen molar-refractivity contribution in [1.82, 2.24) is 9.78 Å². The van der Waals surface area contributed by atoms with Crippen LogP contribution < -0.4 is 0 Å². The molecule has 0 saturated carbocycles. The number of aryl methyl sites for hydroxylation is 1. The SMILES string of the molecule is CC(C)c1nn(CC[Si](C(C)C)(C(C)C)C(C)C)c2ccccc12. The summed E-state index contributed by atoms with van der Waals surface area (Å²) in [6.45, 7) is 20.3. The van der Waals surface area contributed by atoms with Crippen LogP contribution in [0.15, 0.2) is 24.3 Å². The lowest BCUT2D eigenvalue weighted by Gasteiger charge is -2.43. The summed E-state index contributed by atoms with van der Waals surface area (Å²) in [5, 5.41) is 6.34. The first kappa shape index (κ1) is 19.2. The molecule has 3 heteroatoms. The minimum atomic E-state index is -1.38. The van der Waals surface area contributed by atoms with Gasteiger partial charge in [-0.2, -0.15) is 5.10 Å². The minimum absolute atomic E-state index is 0.471. The molecule has 0 aliphatic carbocycles. The molecule has 134 valence electrons. The number of rotatable bonds is 7. The molecule has 2 aromatic rings. The standard InChI is InChI=1S/C21H36N2Si/c1-15(2)21-19-11-9-10-12-20(19)23(22-21)13-14-24(16(3)4,17(5)6)18(7)8/h9-12,15-18H,13-14H2,1-8H3. The molecule has 0 atom stereocenters. The van der Waals surface area contributed by atoms with Crippen molar-refractivity contribution in [3.8, 4) is 0 Å². The molecule has 1 aromatic carbocycles. The largest absolute Gasteiger partial charge is 0.265 e. The Balaban J connectivity index is 2.39. The van der Waals surface area contributed by atoms with Gasteiger partial charge >= 0.3 is 0 Å². The van der Waals surface area contributed by atoms with Crippen molar-refractivity contribution in [1.29, 1.82) is 0 Å². The lowest BCUT2D eigenvalue weighted by Crippen LogP contribution is -2.45. The Morgan fingerprint density at radius 1 is 0.875 bits per heavy atom. The van der Waals surface area contributed by atoms with Crippen LogP contribution in [0.1, 0.15) is 67.0 Å². The van der Waals surface area contributed by atoms with Crippen molar-refractivity contribution < 1.29 is 0 Å². The first-order valence-corrected chi connectivity index (χ1v) is 12.1. The van der Waals surface area contributed by atoms with E-state index in [0.717, 1.165) is 23.2 Å². The molecule has 1 heterocycles. The van der Waals surface area contributed by atoms with Gasteiger partial charge in [0.05, 0.1) is 19.3 Å². The Labute approximate surface area is 149 Å². The maximum absolute atomic E-state index is 5.01. The summed E-state index contributed by atoms with van der Waals surface area (Å²) in [6, 6.07) is 10.1. The van der Waals surface area contributed by atoms with E-state index in [-0.39, 0.29) is 0 Å². The van der Waals surface area contributed by atoms with Gasteiger partial charge in [0.2, 0.25) is 0 Å². The molecule has 24 heavy (non-hydrogen) atoms. The number of nitrogens with zero attached hydrogens (tertiary/aromatic N) is 2. The van der Waals surface area contributed by atoms with E-state index >= 15 is 0 Å². The van der Waals surface area contributed by atoms with Crippen LogP contribution in [-0.4, -0.2) is 17.9 Å². The fourth-order valence-corrected chi connectivity index (χ4v) is 11.2. The Kier molecular flexibility index (Phi) is 5.95. The molecular weight excluding hydrogens is 308 g/mol. The maximum Gasteiger partial charge on any atom is 0.0728 e. The summed E-state index contributed by atoms with van der Waals surface area (Å²) in [4.78, 5) is 0. The maximum atomic E-state index is 5.01. The van der Waals surface area contributed by atoms with Gasteiger partial charge in [0.1, 0.15) is 0 Å². The average Bonchev–Trinajstić information content (AvgIpc) is 2.86. The average molecular weight is 345 g/mol. The van der Waals surface area contributed by atoms with Gasteiger partial charge in [-0.3, -0.25) is 4.68 Å². The highest BCUT2D eigenvalue weighted by molar-refractivity contribution is 6.83. The van der Waals surface area contributed by atoms with Crippen LogP contribution in [0.5, 0.6) is 0 Å². The molecule has 0 unspecified atom stereocenters. The van der Waals surface area contributed by atoms with Crippen LogP contribution in [0, 0.1) is 0 Å². The van der Waals surface area contributed by atoms with E-state index in [4.69, 9.17) is 5.10 Å². The lowest BCUT2D eigenvalue weighted by molar-refractivity contribution is 0.632. The molecule has 0 aliphatic heterocycles. The highest BCUT2D eigenvalue weighted by Crippen LogP contribution is 2.44. The first-order valence-electron chi connectivity index (χ1n) is 9.67. The Morgan fingerprint density at radius 3 is 1.92 bits per heavy atom. The van der Waals surface area contributed by atoms with Crippen LogP contribution in [-0.2, 0) is 6.54 Å². The van der Waals surface area contributed by atoms with Gasteiger partial charge in [0, 0.05) is 11.9 Å². The predicted octanol–water partition coefficient (Wildman–Crippen LogP) is 6.84. The number of para-hydroxylation sites is 1. The van der Waals surface area contributed by atoms with E-state index in [1.165, 1.54) is 22.6 Å². The summed E-state index contributed by atoms with van der Waals surface area (Å²) in [7, 11) is -1.38. The summed E-state index contributed by atoms with van der Waals surface area (Å²) in [5.74, 6) is 0.471. The highest BCUT2D eigenvalue weighted by Gasteiger charge is 2.42. The zero-order chi connectivity index (χ0) is 18.1. The fourth-order valence-electron chi connectivity index (χ4n) is 4.92. The molecule has 0 fully saturated rings. The number of fused-ring (bicyclic) bond motifs is 1. The summed E-state index contributed by atoms with van der Waals surface area (Å²) in [5.41, 5.74) is 4.98. The molecule has 0 amide bonds. The van der Waals surface area contributed by atoms with Crippen molar-refractivity contribution in [3.05, 3.63) is 30.0 Å². The van der Waals surface area contributed by atoms with Gasteiger partial charge in [-0.25, -0.2) is 0 Å². The van der Waals surface area contributed by atoms with Gasteiger partial charge in [-0.15, -0.1) is 0 Å². The van der Waals surface area contributed by atoms with Gasteiger partial charge in [0.15, 0.2) is 0 Å². The third kappa shape index (κ3) is 3.33. The van der Waals surface area contributed by atoms with Crippen LogP contribution in [0.2, 0.25) is 22.7 Å². The van der Waals surface area contributed by atoms with E-state index in [0.29, 0.717) is 5.92 Å². The Hall–Kier alpha value is -1.09. The number of aromatic nitrogens is 2. The first-order chi connectivity index (χ1) is 11.2. The number of benzene rings is 1. The van der Waals surface area contributed by atoms with Crippen LogP contribution in [0.4, 0.5) is 0 Å². The van der Waals surface area contributed by atoms with Gasteiger partial charge < -0.3 is 0 Å². The molecular formula is C21H36N2Si. The van der Waals surface area contributed by atoms with E-state index in [1.807, 2.05) is 0 Å². The van der Waals surface area contributed by atoms with Crippen molar-refractivity contribution >= 4 is 19.0 Å². The molecule has 2 nitrogen and oxygen atoms in total. The van der Waals surface area contributed by atoms with Crippen LogP contribution >= 0.6 is 0 Å². The third-order valence-electron chi connectivity index (χ3n) is 6.21. The molecule has 1 aromatic heterocycles. The smallest absolute Gasteiger partial charge is 0.0728 e. The highest BCUT2D eigenvalue weighted by atomic mass is 28.3. The zero-order valence-electron chi connectivity index (χ0n) is 16.9. The monoisotopic (exact) mass is 344 g/mol. The second-order valence-corrected chi connectivity index (χ2v) is 14.8. The van der Waals surface area contributed by atoms with Crippen LogP contribution in [0.25, 0.3) is 10.9 Å². The lowest BCUT2D eigenvalue weighted by atomic mass is 10.1. The molecule has 2 rings (SSSR count). The van der Waals surface area contributed by atoms with Gasteiger partial charge in [-0.05, 0) is 18.0 Å². The topological polar surface area (TPSA) is 17.8 Å². The summed E-state index contributed by atoms with van der Waals surface area (Å²) in [6.07, 6.45) is 0. The number of hydrogen-bond donors (Lipinski definition) is 0. The Bertz CT molecular complexity index is 646. The van der Waals surface area contributed by atoms with E-state index in [1.54, 1.807) is 0 Å². The second-order valence-electron chi connectivity index (χ2n) is 8.61. The van der Waals surface area contributed by atoms with Crippen molar-refractivity contribution in [3.63, 3.8) is 0 Å². The molecule has 0 spiro atoms. The predicted molar refractivity (Wildman–Crippen MR) is 110 cm³/mol. The summed E-state index contributed by atoms with van der Waals surface area (Å²) >= 11 is 0. The molecule has 0 radical (unpaired) electrons. The Morgan fingerprint density at radius 2 is 1.42 bits per heavy atom. The second kappa shape index (κ2) is 7.43. The fraction of sp³-hybridized carbons (Fsp3) is 0.667. The minimum Gasteiger partial charge on any atom is -0.265 e. The number of hydrogen-bond acceptors (Lipinski definition) is 1. The van der Waals surface area contributed by atoms with Crippen molar-refractivity contribution in [2.75, 3.05) is 0 Å². The zero-order valence-corrected chi connectivity index (χ0v) is 17.9. The van der Waals surface area contributed by atoms with E-state index < -0.39 is 8.07 Å². The van der Waals surface area contributed by atoms with Crippen LogP contribution in [0.3, 0.4) is 0 Å². The summed E-state index contributed by atoms with van der Waals surface area (Å²) < 4.78 is 2.29. The van der Waals surface area contributed by atoms with E-state index in [2.05, 4.69) is 84.3 Å². The third-order valence-corrected chi connectivity index (χ3v) is 13.8.